The molecule has 0 spiro atoms. The molecule has 2 amide bonds. The molecule has 3 heterocycles. The van der Waals surface area contributed by atoms with Gasteiger partial charge in [0.15, 0.2) is 0 Å². The van der Waals surface area contributed by atoms with Gasteiger partial charge >= 0.3 is 12.1 Å². The van der Waals surface area contributed by atoms with Crippen molar-refractivity contribution in [3.05, 3.63) is 30.0 Å². The molecule has 0 saturated carbocycles. The third-order valence-electron chi connectivity index (χ3n) is 3.58. The summed E-state index contributed by atoms with van der Waals surface area (Å²) in [5.74, 6) is -1.52. The van der Waals surface area contributed by atoms with Gasteiger partial charge in [0.25, 0.3) is 5.91 Å². The van der Waals surface area contributed by atoms with E-state index in [0.717, 1.165) is 9.47 Å². The van der Waals surface area contributed by atoms with Crippen LogP contribution in [-0.2, 0) is 19.1 Å². The van der Waals surface area contributed by atoms with Crippen LogP contribution in [0, 0.1) is 0 Å². The van der Waals surface area contributed by atoms with Crippen molar-refractivity contribution >= 4 is 36.1 Å². The molecule has 2 aliphatic rings. The van der Waals surface area contributed by atoms with E-state index >= 15 is 0 Å². The van der Waals surface area contributed by atoms with Crippen molar-refractivity contribution in [3.63, 3.8) is 0 Å². The van der Waals surface area contributed by atoms with Crippen molar-refractivity contribution in [1.29, 1.82) is 0 Å². The van der Waals surface area contributed by atoms with Crippen molar-refractivity contribution in [2.45, 2.75) is 11.4 Å². The van der Waals surface area contributed by atoms with E-state index in [2.05, 4.69) is 10.3 Å². The monoisotopic (exact) mass is 352 g/mol. The molecule has 2 N–H and O–H groups in total. The van der Waals surface area contributed by atoms with Gasteiger partial charge in [0.05, 0.1) is 0 Å². The summed E-state index contributed by atoms with van der Waals surface area (Å²) in [5.41, 5.74) is 0.112. The Hall–Kier alpha value is -2.82. The van der Waals surface area contributed by atoms with Gasteiger partial charge in [-0.15, -0.1) is 11.8 Å². The first-order valence-corrected chi connectivity index (χ1v) is 7.84. The summed E-state index contributed by atoms with van der Waals surface area (Å²) < 4.78 is 6.17. The number of carboxylic acid groups (broad SMARTS) is 1. The molecule has 2 atom stereocenters. The molecule has 1 saturated heterocycles. The summed E-state index contributed by atoms with van der Waals surface area (Å²) in [7, 11) is 0. The van der Waals surface area contributed by atoms with E-state index < -0.39 is 29.4 Å². The number of rotatable bonds is 5. The maximum absolute atomic E-state index is 12.0. The fourth-order valence-corrected chi connectivity index (χ4v) is 3.82. The molecule has 0 aromatic carbocycles. The molecule has 10 nitrogen and oxygen atoms in total. The van der Waals surface area contributed by atoms with Crippen molar-refractivity contribution in [2.75, 3.05) is 12.4 Å². The molecule has 1 aromatic rings. The van der Waals surface area contributed by atoms with Crippen molar-refractivity contribution < 1.29 is 29.0 Å². The van der Waals surface area contributed by atoms with Gasteiger partial charge in [-0.2, -0.15) is 0 Å². The predicted molar refractivity (Wildman–Crippen MR) is 79.7 cm³/mol. The summed E-state index contributed by atoms with van der Waals surface area (Å²) in [4.78, 5) is 50.7. The van der Waals surface area contributed by atoms with Gasteiger partial charge in [0.1, 0.15) is 30.0 Å². The molecular weight excluding hydrogens is 340 g/mol. The molecule has 2 aliphatic heterocycles. The van der Waals surface area contributed by atoms with E-state index in [4.69, 9.17) is 4.74 Å². The van der Waals surface area contributed by atoms with Crippen LogP contribution >= 0.6 is 11.8 Å². The standard InChI is InChI=1S/C13H12N4O6S/c18-6-15-8-10(19)17-9(12(20)21)7(4-24-11(8)17)3-23-13(22)16-2-1-14-5-16/h1-2,5-6,8,11H,3-4H2,(H,15,18)(H,20,21)/t8?,11-/m1/s1. The number of hydrogen-bond acceptors (Lipinski definition) is 7. The van der Waals surface area contributed by atoms with Crippen LogP contribution in [-0.4, -0.2) is 67.7 Å². The van der Waals surface area contributed by atoms with Crippen LogP contribution in [0.15, 0.2) is 30.0 Å². The maximum atomic E-state index is 12.0. The van der Waals surface area contributed by atoms with Crippen molar-refractivity contribution in [2.24, 2.45) is 0 Å². The van der Waals surface area contributed by atoms with Crippen LogP contribution in [0.25, 0.3) is 0 Å². The van der Waals surface area contributed by atoms with Crippen LogP contribution in [0.5, 0.6) is 0 Å². The number of aromatic nitrogens is 2. The molecule has 1 fully saturated rings. The highest BCUT2D eigenvalue weighted by molar-refractivity contribution is 8.00. The quantitative estimate of drug-likeness (QED) is 0.522. The Balaban J connectivity index is 1.76. The lowest BCUT2D eigenvalue weighted by atomic mass is 10.0. The second kappa shape index (κ2) is 6.35. The van der Waals surface area contributed by atoms with Crippen LogP contribution in [0.1, 0.15) is 0 Å². The fourth-order valence-electron chi connectivity index (χ4n) is 2.48. The van der Waals surface area contributed by atoms with Crippen LogP contribution in [0.2, 0.25) is 0 Å². The van der Waals surface area contributed by atoms with E-state index in [1.165, 1.54) is 30.5 Å². The van der Waals surface area contributed by atoms with E-state index in [-0.39, 0.29) is 18.1 Å². The van der Waals surface area contributed by atoms with Gasteiger partial charge in [-0.1, -0.05) is 0 Å². The number of thioether (sulfide) groups is 1. The van der Waals surface area contributed by atoms with E-state index in [9.17, 15) is 24.3 Å². The molecule has 3 rings (SSSR count). The van der Waals surface area contributed by atoms with Gasteiger partial charge < -0.3 is 15.2 Å². The number of amides is 2. The zero-order valence-corrected chi connectivity index (χ0v) is 12.9. The lowest BCUT2D eigenvalue weighted by Gasteiger charge is -2.48. The molecule has 1 aromatic heterocycles. The van der Waals surface area contributed by atoms with Crippen molar-refractivity contribution in [1.82, 2.24) is 19.8 Å². The number of nitrogens with one attached hydrogen (secondary N) is 1. The molecule has 126 valence electrons. The molecular formula is C13H12N4O6S. The minimum absolute atomic E-state index is 0.203. The third kappa shape index (κ3) is 2.62. The first-order valence-electron chi connectivity index (χ1n) is 6.79. The summed E-state index contributed by atoms with van der Waals surface area (Å²) >= 11 is 1.30. The van der Waals surface area contributed by atoms with Gasteiger partial charge in [-0.3, -0.25) is 14.5 Å². The molecule has 24 heavy (non-hydrogen) atoms. The van der Waals surface area contributed by atoms with E-state index in [1.807, 2.05) is 0 Å². The third-order valence-corrected chi connectivity index (χ3v) is 4.92. The number of nitrogens with zero attached hydrogens (tertiary/aromatic N) is 3. The summed E-state index contributed by atoms with van der Waals surface area (Å²) in [6.07, 6.45) is 3.77. The second-order valence-corrected chi connectivity index (χ2v) is 6.06. The Morgan fingerprint density at radius 3 is 2.96 bits per heavy atom. The SMILES string of the molecule is O=CNC1C(=O)N2C(C(=O)O)=C(COC(=O)n3ccnc3)CS[C@H]12. The molecule has 0 radical (unpaired) electrons. The number of hydrogen-bond donors (Lipinski definition) is 2. The average molecular weight is 352 g/mol. The van der Waals surface area contributed by atoms with Gasteiger partial charge in [-0.25, -0.2) is 19.1 Å². The number of ether oxygens (including phenoxy) is 1. The Labute approximate surface area is 139 Å². The number of carbonyl (C=O) groups is 4. The van der Waals surface area contributed by atoms with E-state index in [0.29, 0.717) is 12.0 Å². The maximum Gasteiger partial charge on any atom is 0.419 e. The highest BCUT2D eigenvalue weighted by Crippen LogP contribution is 2.40. The molecule has 11 heteroatoms. The summed E-state index contributed by atoms with van der Waals surface area (Å²) in [6, 6.07) is -0.739. The highest BCUT2D eigenvalue weighted by Gasteiger charge is 2.53. The van der Waals surface area contributed by atoms with Crippen LogP contribution in [0.4, 0.5) is 4.79 Å². The Kier molecular flexibility index (Phi) is 4.25. The molecule has 0 aliphatic carbocycles. The Bertz CT molecular complexity index is 731. The minimum atomic E-state index is -1.29. The lowest BCUT2D eigenvalue weighted by molar-refractivity contribution is -0.149. The number of aliphatic carboxylic acids is 1. The van der Waals surface area contributed by atoms with Gasteiger partial charge in [0, 0.05) is 23.7 Å². The second-order valence-electron chi connectivity index (χ2n) is 4.95. The lowest BCUT2D eigenvalue weighted by Crippen LogP contribution is -2.69. The first-order chi connectivity index (χ1) is 11.5. The first kappa shape index (κ1) is 16.1. The smallest absolute Gasteiger partial charge is 0.419 e. The van der Waals surface area contributed by atoms with Gasteiger partial charge in [0.2, 0.25) is 6.41 Å². The molecule has 0 bridgehead atoms. The zero-order chi connectivity index (χ0) is 17.3. The number of carboxylic acids is 1. The van der Waals surface area contributed by atoms with Crippen molar-refractivity contribution in [3.8, 4) is 0 Å². The summed E-state index contributed by atoms with van der Waals surface area (Å²) in [6.45, 7) is -0.256. The van der Waals surface area contributed by atoms with Crippen LogP contribution < -0.4 is 5.32 Å². The Morgan fingerprint density at radius 2 is 2.33 bits per heavy atom. The predicted octanol–water partition coefficient (Wildman–Crippen LogP) is -0.764. The number of β-lactam (4-membered cyclic amide) rings is 1. The topological polar surface area (TPSA) is 131 Å². The normalized spacial score (nSPS) is 22.5. The number of fused-ring (bicyclic) bond motifs is 1. The summed E-state index contributed by atoms with van der Waals surface area (Å²) in [5, 5.41) is 11.3. The minimum Gasteiger partial charge on any atom is -0.477 e. The fraction of sp³-hybridized carbons (Fsp3) is 0.308. The Morgan fingerprint density at radius 1 is 1.54 bits per heavy atom. The van der Waals surface area contributed by atoms with Crippen LogP contribution in [0.3, 0.4) is 0 Å². The van der Waals surface area contributed by atoms with E-state index in [1.54, 1.807) is 0 Å². The average Bonchev–Trinajstić information content (AvgIpc) is 3.11. The zero-order valence-electron chi connectivity index (χ0n) is 12.1. The number of carbonyl (C=O) groups excluding carboxylic acids is 3. The largest absolute Gasteiger partial charge is 0.477 e. The number of imidazole rings is 1. The van der Waals surface area contributed by atoms with Gasteiger partial charge in [-0.05, 0) is 0 Å². The highest BCUT2D eigenvalue weighted by atomic mass is 32.2. The molecule has 1 unspecified atom stereocenters.